The lowest BCUT2D eigenvalue weighted by Gasteiger charge is -2.28. The van der Waals surface area contributed by atoms with Crippen LogP contribution in [0.1, 0.15) is 17.5 Å². The fraction of sp³-hybridized carbons (Fsp3) is 0.400. The van der Waals surface area contributed by atoms with Gasteiger partial charge in [0.25, 0.3) is 0 Å². The van der Waals surface area contributed by atoms with Crippen LogP contribution in [-0.4, -0.2) is 40.8 Å². The highest BCUT2D eigenvalue weighted by molar-refractivity contribution is 6.04. The Balaban J connectivity index is 2.05. The van der Waals surface area contributed by atoms with Crippen molar-refractivity contribution in [2.24, 2.45) is 5.92 Å². The van der Waals surface area contributed by atoms with E-state index in [1.165, 1.54) is 0 Å². The van der Waals surface area contributed by atoms with E-state index in [9.17, 15) is 14.4 Å². The first-order valence-corrected chi connectivity index (χ1v) is 6.56. The van der Waals surface area contributed by atoms with Crippen LogP contribution in [0, 0.1) is 12.8 Å². The molecule has 1 N–H and O–H groups in total. The second-order valence-electron chi connectivity index (χ2n) is 5.13. The number of aryl methyl sites for hydroxylation is 1. The molecule has 0 bridgehead atoms. The maximum absolute atomic E-state index is 12.2. The molecule has 1 amide bonds. The van der Waals surface area contributed by atoms with Gasteiger partial charge in [-0.15, -0.1) is 0 Å². The summed E-state index contributed by atoms with van der Waals surface area (Å²) in [5.74, 6) is -1.18. The van der Waals surface area contributed by atoms with Crippen molar-refractivity contribution in [3.63, 3.8) is 0 Å². The molecule has 0 saturated carbocycles. The molecule has 1 fully saturated rings. The van der Waals surface area contributed by atoms with Gasteiger partial charge < -0.3 is 10.0 Å². The first-order valence-electron chi connectivity index (χ1n) is 6.56. The number of amides is 1. The first kappa shape index (κ1) is 14.2. The molecule has 0 aromatic heterocycles. The number of rotatable bonds is 3. The number of ketones is 2. The maximum Gasteiger partial charge on any atom is 0.407 e. The van der Waals surface area contributed by atoms with Gasteiger partial charge in [0, 0.05) is 25.9 Å². The van der Waals surface area contributed by atoms with Crippen molar-refractivity contribution in [2.45, 2.75) is 19.8 Å². The third kappa shape index (κ3) is 3.23. The lowest BCUT2D eigenvalue weighted by Crippen LogP contribution is -2.46. The summed E-state index contributed by atoms with van der Waals surface area (Å²) in [4.78, 5) is 36.1. The van der Waals surface area contributed by atoms with Crippen molar-refractivity contribution in [3.05, 3.63) is 35.4 Å². The number of nitrogens with zero attached hydrogens (tertiary/aromatic N) is 1. The molecule has 5 nitrogen and oxygen atoms in total. The zero-order chi connectivity index (χ0) is 14.7. The molecule has 0 radical (unpaired) electrons. The number of benzene rings is 1. The summed E-state index contributed by atoms with van der Waals surface area (Å²) in [6.07, 6.45) is -0.786. The Bertz CT molecular complexity index is 535. The summed E-state index contributed by atoms with van der Waals surface area (Å²) in [7, 11) is 0. The van der Waals surface area contributed by atoms with Crippen molar-refractivity contribution in [2.75, 3.05) is 13.1 Å². The number of Topliss-reactive ketones (excluding diaryl/α,β-unsaturated/α-hetero) is 2. The Morgan fingerprint density at radius 1 is 1.30 bits per heavy atom. The Morgan fingerprint density at radius 2 is 1.95 bits per heavy atom. The minimum Gasteiger partial charge on any atom is -0.465 e. The smallest absolute Gasteiger partial charge is 0.407 e. The minimum atomic E-state index is -1.08. The van der Waals surface area contributed by atoms with Gasteiger partial charge in [0.1, 0.15) is 11.6 Å². The van der Waals surface area contributed by atoms with Gasteiger partial charge in [0.15, 0.2) is 0 Å². The van der Waals surface area contributed by atoms with Gasteiger partial charge in [-0.25, -0.2) is 4.79 Å². The van der Waals surface area contributed by atoms with Gasteiger partial charge in [0.2, 0.25) is 0 Å². The largest absolute Gasteiger partial charge is 0.465 e. The fourth-order valence-electron chi connectivity index (χ4n) is 2.32. The van der Waals surface area contributed by atoms with Crippen LogP contribution < -0.4 is 0 Å². The molecule has 1 aliphatic rings. The van der Waals surface area contributed by atoms with E-state index in [2.05, 4.69) is 0 Å². The van der Waals surface area contributed by atoms with Crippen molar-refractivity contribution < 1.29 is 19.5 Å². The molecular formula is C15H17NO4. The van der Waals surface area contributed by atoms with Gasteiger partial charge in [-0.3, -0.25) is 9.59 Å². The number of hydrogen-bond donors (Lipinski definition) is 1. The Kier molecular flexibility index (Phi) is 4.17. The van der Waals surface area contributed by atoms with E-state index in [1.54, 1.807) is 0 Å². The molecule has 1 saturated heterocycles. The second-order valence-corrected chi connectivity index (χ2v) is 5.13. The third-order valence-electron chi connectivity index (χ3n) is 3.58. The summed E-state index contributed by atoms with van der Waals surface area (Å²) in [6.45, 7) is 2.13. The maximum atomic E-state index is 12.2. The van der Waals surface area contributed by atoms with Gasteiger partial charge >= 0.3 is 6.09 Å². The second kappa shape index (κ2) is 5.86. The highest BCUT2D eigenvalue weighted by Gasteiger charge is 2.34. The number of carbonyl (C=O) groups excluding carboxylic acids is 2. The van der Waals surface area contributed by atoms with E-state index in [1.807, 2.05) is 31.2 Å². The van der Waals surface area contributed by atoms with Crippen LogP contribution in [0.15, 0.2) is 24.3 Å². The van der Waals surface area contributed by atoms with Crippen LogP contribution in [-0.2, 0) is 16.0 Å². The quantitative estimate of drug-likeness (QED) is 0.852. The summed E-state index contributed by atoms with van der Waals surface area (Å²) in [6, 6.07) is 7.54. The molecule has 0 aliphatic carbocycles. The molecule has 1 unspecified atom stereocenters. The molecule has 0 spiro atoms. The monoisotopic (exact) mass is 275 g/mol. The van der Waals surface area contributed by atoms with Crippen LogP contribution >= 0.6 is 0 Å². The molecule has 2 rings (SSSR count). The highest BCUT2D eigenvalue weighted by atomic mass is 16.4. The van der Waals surface area contributed by atoms with Crippen molar-refractivity contribution in [3.8, 4) is 0 Å². The molecule has 20 heavy (non-hydrogen) atoms. The van der Waals surface area contributed by atoms with Crippen LogP contribution in [0.5, 0.6) is 0 Å². The third-order valence-corrected chi connectivity index (χ3v) is 3.58. The molecule has 5 heteroatoms. The van der Waals surface area contributed by atoms with E-state index in [4.69, 9.17) is 5.11 Å². The van der Waals surface area contributed by atoms with Gasteiger partial charge in [-0.2, -0.15) is 0 Å². The summed E-state index contributed by atoms with van der Waals surface area (Å²) in [5.41, 5.74) is 1.95. The number of carboxylic acid groups (broad SMARTS) is 1. The molecule has 1 aromatic carbocycles. The zero-order valence-corrected chi connectivity index (χ0v) is 11.3. The zero-order valence-electron chi connectivity index (χ0n) is 11.3. The number of carbonyl (C=O) groups is 3. The van der Waals surface area contributed by atoms with Crippen LogP contribution in [0.3, 0.4) is 0 Å². The Labute approximate surface area is 117 Å². The predicted molar refractivity (Wildman–Crippen MR) is 72.6 cm³/mol. The van der Waals surface area contributed by atoms with E-state index >= 15 is 0 Å². The predicted octanol–water partition coefficient (Wildman–Crippen LogP) is 1.68. The number of hydrogen-bond acceptors (Lipinski definition) is 3. The molecule has 1 heterocycles. The van der Waals surface area contributed by atoms with Gasteiger partial charge in [0.05, 0.1) is 5.92 Å². The molecule has 1 atom stereocenters. The van der Waals surface area contributed by atoms with E-state index in [-0.39, 0.29) is 37.5 Å². The first-order chi connectivity index (χ1) is 9.47. The Morgan fingerprint density at radius 3 is 2.55 bits per heavy atom. The minimum absolute atomic E-state index is 0.0150. The fourth-order valence-corrected chi connectivity index (χ4v) is 2.32. The lowest BCUT2D eigenvalue weighted by molar-refractivity contribution is -0.135. The summed E-state index contributed by atoms with van der Waals surface area (Å²) >= 11 is 0. The van der Waals surface area contributed by atoms with Crippen molar-refractivity contribution >= 4 is 17.7 Å². The van der Waals surface area contributed by atoms with E-state index in [0.717, 1.165) is 16.0 Å². The van der Waals surface area contributed by atoms with Crippen LogP contribution in [0.25, 0.3) is 0 Å². The molecular weight excluding hydrogens is 258 g/mol. The van der Waals surface area contributed by atoms with Crippen LogP contribution in [0.4, 0.5) is 4.79 Å². The van der Waals surface area contributed by atoms with Crippen LogP contribution in [0.2, 0.25) is 0 Å². The standard InChI is InChI=1S/C15H17NO4/c1-10-2-4-11(5-3-10)8-14(18)12-9-16(15(19)20)7-6-13(12)17/h2-5,12H,6-9H2,1H3,(H,19,20). The summed E-state index contributed by atoms with van der Waals surface area (Å²) in [5, 5.41) is 8.95. The Hall–Kier alpha value is -2.17. The molecule has 1 aliphatic heterocycles. The average molecular weight is 275 g/mol. The average Bonchev–Trinajstić information content (AvgIpc) is 2.41. The van der Waals surface area contributed by atoms with E-state index < -0.39 is 12.0 Å². The lowest BCUT2D eigenvalue weighted by atomic mass is 9.89. The topological polar surface area (TPSA) is 74.7 Å². The van der Waals surface area contributed by atoms with E-state index in [0.29, 0.717) is 0 Å². The van der Waals surface area contributed by atoms with Crippen molar-refractivity contribution in [1.82, 2.24) is 4.90 Å². The summed E-state index contributed by atoms with van der Waals surface area (Å²) < 4.78 is 0. The SMILES string of the molecule is Cc1ccc(CC(=O)C2CN(C(=O)O)CCC2=O)cc1. The normalized spacial score (nSPS) is 18.9. The number of piperidine rings is 1. The highest BCUT2D eigenvalue weighted by Crippen LogP contribution is 2.17. The van der Waals surface area contributed by atoms with Gasteiger partial charge in [-0.1, -0.05) is 29.8 Å². The molecule has 106 valence electrons. The number of likely N-dealkylation sites (tertiary alicyclic amines) is 1. The van der Waals surface area contributed by atoms with Gasteiger partial charge in [-0.05, 0) is 12.5 Å². The molecule has 1 aromatic rings. The van der Waals surface area contributed by atoms with Crippen molar-refractivity contribution in [1.29, 1.82) is 0 Å².